The minimum Gasteiger partial charge on any atom is -0.359 e. The van der Waals surface area contributed by atoms with E-state index in [1.165, 1.54) is 48.5 Å². The van der Waals surface area contributed by atoms with Gasteiger partial charge < -0.3 is 5.21 Å². The molecule has 0 aliphatic carbocycles. The summed E-state index contributed by atoms with van der Waals surface area (Å²) in [5, 5.41) is 15.4. The highest BCUT2D eigenvalue weighted by molar-refractivity contribution is 5.75. The van der Waals surface area contributed by atoms with Gasteiger partial charge >= 0.3 is 0 Å². The van der Waals surface area contributed by atoms with Crippen LogP contribution >= 0.6 is 0 Å². The molecule has 0 aliphatic rings. The number of hydrogen-bond donors (Lipinski definition) is 0. The Morgan fingerprint density at radius 2 is 1.35 bits per heavy atom. The van der Waals surface area contributed by atoms with Gasteiger partial charge in [-0.2, -0.15) is 0 Å². The molecule has 0 fully saturated rings. The third kappa shape index (κ3) is 2.11. The molecule has 4 nitrogen and oxygen atoms in total. The zero-order valence-electron chi connectivity index (χ0n) is 10.1. The van der Waals surface area contributed by atoms with Gasteiger partial charge in [-0.25, -0.2) is 8.78 Å². The van der Waals surface area contributed by atoms with Crippen LogP contribution in [0.2, 0.25) is 0 Å². The Balaban J connectivity index is 2.14. The Morgan fingerprint density at radius 1 is 0.850 bits per heavy atom. The van der Waals surface area contributed by atoms with Crippen LogP contribution in [-0.4, -0.2) is 5.16 Å². The third-order valence-electron chi connectivity index (χ3n) is 2.85. The molecular weight excluding hydrogens is 266 g/mol. The van der Waals surface area contributed by atoms with E-state index in [9.17, 15) is 14.0 Å². The molecule has 0 N–H and O–H groups in total. The molecule has 1 aromatic heterocycles. The molecule has 0 saturated carbocycles. The maximum atomic E-state index is 12.9. The summed E-state index contributed by atoms with van der Waals surface area (Å²) in [6.07, 6.45) is 0. The van der Waals surface area contributed by atoms with Gasteiger partial charge in [-0.1, -0.05) is 0 Å². The molecule has 3 aromatic rings. The molecule has 6 heteroatoms. The highest BCUT2D eigenvalue weighted by Gasteiger charge is 2.22. The van der Waals surface area contributed by atoms with Crippen molar-refractivity contribution in [1.82, 2.24) is 5.16 Å². The number of halogens is 2. The maximum Gasteiger partial charge on any atom is 0.256 e. The van der Waals surface area contributed by atoms with Crippen molar-refractivity contribution >= 4 is 0 Å². The van der Waals surface area contributed by atoms with Crippen molar-refractivity contribution in [1.29, 1.82) is 0 Å². The lowest BCUT2D eigenvalue weighted by Gasteiger charge is -1.99. The second kappa shape index (κ2) is 4.73. The van der Waals surface area contributed by atoms with Gasteiger partial charge in [0.15, 0.2) is 0 Å². The van der Waals surface area contributed by atoms with Gasteiger partial charge in [0.2, 0.25) is 5.69 Å². The molecule has 0 atom stereocenters. The fourth-order valence-corrected chi connectivity index (χ4v) is 1.90. The summed E-state index contributed by atoms with van der Waals surface area (Å²) in [6.45, 7) is 0. The molecule has 20 heavy (non-hydrogen) atoms. The number of rotatable bonds is 2. The van der Waals surface area contributed by atoms with Crippen molar-refractivity contribution in [2.24, 2.45) is 0 Å². The van der Waals surface area contributed by atoms with Crippen LogP contribution < -0.4 is 4.90 Å². The molecule has 0 bridgehead atoms. The fraction of sp³-hybridized carbons (Fsp3) is 0. The molecule has 100 valence electrons. The number of benzene rings is 2. The van der Waals surface area contributed by atoms with E-state index in [-0.39, 0.29) is 16.3 Å². The highest BCUT2D eigenvalue weighted by Crippen LogP contribution is 2.27. The summed E-state index contributed by atoms with van der Waals surface area (Å²) >= 11 is 0. The summed E-state index contributed by atoms with van der Waals surface area (Å²) in [6, 6.07) is 10.8. The van der Waals surface area contributed by atoms with Crippen molar-refractivity contribution in [3.8, 4) is 22.5 Å². The van der Waals surface area contributed by atoms with Gasteiger partial charge in [-0.15, -0.1) is 0 Å². The average molecular weight is 274 g/mol. The van der Waals surface area contributed by atoms with E-state index in [2.05, 4.69) is 9.79 Å². The summed E-state index contributed by atoms with van der Waals surface area (Å²) in [4.78, 5) is 0.242. The van der Waals surface area contributed by atoms with Gasteiger partial charge in [-0.05, 0) is 53.4 Å². The molecule has 2 aromatic carbocycles. The molecule has 0 aliphatic heterocycles. The van der Waals surface area contributed by atoms with Crippen LogP contribution in [0, 0.1) is 16.8 Å². The predicted octanol–water partition coefficient (Wildman–Crippen LogP) is 2.92. The van der Waals surface area contributed by atoms with E-state index in [1.54, 1.807) is 0 Å². The van der Waals surface area contributed by atoms with Crippen LogP contribution in [0.5, 0.6) is 0 Å². The van der Waals surface area contributed by atoms with Gasteiger partial charge in [0.1, 0.15) is 11.6 Å². The molecular formula is C14H8F2N2O2. The van der Waals surface area contributed by atoms with Gasteiger partial charge in [-0.3, -0.25) is 4.63 Å². The quantitative estimate of drug-likeness (QED) is 0.675. The standard InChI is InChI=1S/C14H8F2N2O2/c15-11-5-1-9(2-6-11)13-14(18(19)20-17-13)10-3-7-12(16)8-4-10/h1-8H. The monoisotopic (exact) mass is 274 g/mol. The smallest absolute Gasteiger partial charge is 0.256 e. The van der Waals surface area contributed by atoms with Crippen LogP contribution in [0.3, 0.4) is 0 Å². The minimum absolute atomic E-state index is 0.150. The first-order chi connectivity index (χ1) is 9.65. The lowest BCUT2D eigenvalue weighted by atomic mass is 10.0. The first kappa shape index (κ1) is 12.3. The second-order valence-corrected chi connectivity index (χ2v) is 4.14. The zero-order chi connectivity index (χ0) is 14.1. The molecule has 1 heterocycles. The lowest BCUT2D eigenvalue weighted by molar-refractivity contribution is -0.793. The molecule has 0 spiro atoms. The largest absolute Gasteiger partial charge is 0.359 e. The number of nitrogens with zero attached hydrogens (tertiary/aromatic N) is 2. The lowest BCUT2D eigenvalue weighted by Crippen LogP contribution is -2.25. The number of hydrogen-bond acceptors (Lipinski definition) is 3. The molecule has 0 radical (unpaired) electrons. The van der Waals surface area contributed by atoms with E-state index in [1.807, 2.05) is 0 Å². The first-order valence-electron chi connectivity index (χ1n) is 5.77. The van der Waals surface area contributed by atoms with Crippen molar-refractivity contribution in [2.75, 3.05) is 0 Å². The van der Waals surface area contributed by atoms with Crippen LogP contribution in [0.15, 0.2) is 53.2 Å². The van der Waals surface area contributed by atoms with Crippen molar-refractivity contribution in [3.05, 3.63) is 65.4 Å². The van der Waals surface area contributed by atoms with E-state index < -0.39 is 11.6 Å². The summed E-state index contributed by atoms with van der Waals surface area (Å²) in [5.74, 6) is -0.804. The van der Waals surface area contributed by atoms with Crippen molar-refractivity contribution < 1.29 is 18.3 Å². The highest BCUT2D eigenvalue weighted by atomic mass is 19.1. The third-order valence-corrected chi connectivity index (χ3v) is 2.85. The Kier molecular flexibility index (Phi) is 2.90. The van der Waals surface area contributed by atoms with Gasteiger partial charge in [0, 0.05) is 16.3 Å². The van der Waals surface area contributed by atoms with Crippen LogP contribution in [0.25, 0.3) is 22.5 Å². The SMILES string of the molecule is [O-][n+]1onc(-c2ccc(F)cc2)c1-c1ccc(F)cc1. The van der Waals surface area contributed by atoms with Crippen LogP contribution in [0.4, 0.5) is 8.78 Å². The Bertz CT molecular complexity index is 737. The van der Waals surface area contributed by atoms with Gasteiger partial charge in [0.05, 0.1) is 0 Å². The van der Waals surface area contributed by atoms with E-state index in [0.29, 0.717) is 11.1 Å². The van der Waals surface area contributed by atoms with E-state index >= 15 is 0 Å². The summed E-state index contributed by atoms with van der Waals surface area (Å²) < 4.78 is 30.4. The second-order valence-electron chi connectivity index (χ2n) is 4.14. The zero-order valence-corrected chi connectivity index (χ0v) is 10.1. The molecule has 3 rings (SSSR count). The molecule has 0 unspecified atom stereocenters. The molecule has 0 saturated heterocycles. The fourth-order valence-electron chi connectivity index (χ4n) is 1.90. The van der Waals surface area contributed by atoms with Crippen LogP contribution in [-0.2, 0) is 0 Å². The number of aromatic nitrogens is 2. The van der Waals surface area contributed by atoms with E-state index in [0.717, 1.165) is 0 Å². The Hall–Kier alpha value is -2.76. The molecule has 0 amide bonds. The van der Waals surface area contributed by atoms with Gasteiger partial charge in [0.25, 0.3) is 5.69 Å². The topological polar surface area (TPSA) is 53.0 Å². The first-order valence-corrected chi connectivity index (χ1v) is 5.77. The minimum atomic E-state index is -0.411. The van der Waals surface area contributed by atoms with Crippen LogP contribution in [0.1, 0.15) is 0 Å². The predicted molar refractivity (Wildman–Crippen MR) is 66.3 cm³/mol. The Labute approximate surface area is 112 Å². The average Bonchev–Trinajstić information content (AvgIpc) is 2.83. The maximum absolute atomic E-state index is 12.9. The van der Waals surface area contributed by atoms with Crippen molar-refractivity contribution in [2.45, 2.75) is 0 Å². The van der Waals surface area contributed by atoms with E-state index in [4.69, 9.17) is 0 Å². The normalized spacial score (nSPS) is 10.7. The summed E-state index contributed by atoms with van der Waals surface area (Å²) in [5.41, 5.74) is 1.41. The Morgan fingerprint density at radius 3 is 1.90 bits per heavy atom. The van der Waals surface area contributed by atoms with Crippen molar-refractivity contribution in [3.63, 3.8) is 0 Å². The summed E-state index contributed by atoms with van der Waals surface area (Å²) in [7, 11) is 0.